The van der Waals surface area contributed by atoms with Crippen molar-refractivity contribution < 1.29 is 14.2 Å². The largest absolute Gasteiger partial charge is 0.496 e. The van der Waals surface area contributed by atoms with E-state index in [0.717, 1.165) is 30.2 Å². The van der Waals surface area contributed by atoms with Gasteiger partial charge in [-0.1, -0.05) is 6.07 Å². The van der Waals surface area contributed by atoms with E-state index in [9.17, 15) is 0 Å². The molecule has 0 amide bonds. The van der Waals surface area contributed by atoms with Crippen molar-refractivity contribution in [2.75, 3.05) is 33.4 Å². The van der Waals surface area contributed by atoms with Crippen LogP contribution in [0.15, 0.2) is 18.2 Å². The SMILES string of the molecule is CCOc1cccc(OC)c1C1CNCCO1. The van der Waals surface area contributed by atoms with E-state index in [1.54, 1.807) is 7.11 Å². The van der Waals surface area contributed by atoms with E-state index in [2.05, 4.69) is 5.32 Å². The zero-order chi connectivity index (χ0) is 12.1. The van der Waals surface area contributed by atoms with Crippen molar-refractivity contribution in [1.82, 2.24) is 5.32 Å². The summed E-state index contributed by atoms with van der Waals surface area (Å²) in [5, 5.41) is 3.32. The van der Waals surface area contributed by atoms with Crippen LogP contribution in [-0.2, 0) is 4.74 Å². The van der Waals surface area contributed by atoms with Crippen molar-refractivity contribution in [3.63, 3.8) is 0 Å². The standard InChI is InChI=1S/C13H19NO3/c1-3-16-11-6-4-5-10(15-2)13(11)12-9-14-7-8-17-12/h4-6,12,14H,3,7-9H2,1-2H3. The molecule has 1 fully saturated rings. The summed E-state index contributed by atoms with van der Waals surface area (Å²) in [4.78, 5) is 0. The van der Waals surface area contributed by atoms with Gasteiger partial charge < -0.3 is 19.5 Å². The average molecular weight is 237 g/mol. The molecule has 0 saturated carbocycles. The normalized spacial score (nSPS) is 20.0. The summed E-state index contributed by atoms with van der Waals surface area (Å²) in [5.41, 5.74) is 1.00. The van der Waals surface area contributed by atoms with E-state index < -0.39 is 0 Å². The Morgan fingerprint density at radius 2 is 2.24 bits per heavy atom. The van der Waals surface area contributed by atoms with Crippen molar-refractivity contribution in [2.45, 2.75) is 13.0 Å². The van der Waals surface area contributed by atoms with Crippen LogP contribution in [0.3, 0.4) is 0 Å². The molecule has 0 radical (unpaired) electrons. The lowest BCUT2D eigenvalue weighted by Crippen LogP contribution is -2.33. The second-order valence-corrected chi connectivity index (χ2v) is 3.87. The summed E-state index contributed by atoms with van der Waals surface area (Å²) >= 11 is 0. The molecule has 1 aromatic rings. The highest BCUT2D eigenvalue weighted by Crippen LogP contribution is 2.36. The summed E-state index contributed by atoms with van der Waals surface area (Å²) in [6.45, 7) is 5.02. The molecule has 1 aromatic carbocycles. The minimum Gasteiger partial charge on any atom is -0.496 e. The molecule has 17 heavy (non-hydrogen) atoms. The molecule has 4 nitrogen and oxygen atoms in total. The molecular formula is C13H19NO3. The lowest BCUT2D eigenvalue weighted by molar-refractivity contribution is 0.0245. The highest BCUT2D eigenvalue weighted by molar-refractivity contribution is 5.46. The third-order valence-corrected chi connectivity index (χ3v) is 2.80. The molecule has 1 aliphatic rings. The van der Waals surface area contributed by atoms with Crippen molar-refractivity contribution in [3.05, 3.63) is 23.8 Å². The number of nitrogens with one attached hydrogen (secondary N) is 1. The lowest BCUT2D eigenvalue weighted by Gasteiger charge is -2.26. The third-order valence-electron chi connectivity index (χ3n) is 2.80. The predicted octanol–water partition coefficient (Wildman–Crippen LogP) is 1.75. The second-order valence-electron chi connectivity index (χ2n) is 3.87. The summed E-state index contributed by atoms with van der Waals surface area (Å²) in [5.74, 6) is 1.67. The van der Waals surface area contributed by atoms with E-state index in [1.165, 1.54) is 0 Å². The van der Waals surface area contributed by atoms with Crippen LogP contribution in [-0.4, -0.2) is 33.4 Å². The quantitative estimate of drug-likeness (QED) is 0.866. The molecule has 1 saturated heterocycles. The van der Waals surface area contributed by atoms with Crippen molar-refractivity contribution in [3.8, 4) is 11.5 Å². The van der Waals surface area contributed by atoms with E-state index >= 15 is 0 Å². The molecule has 0 spiro atoms. The Morgan fingerprint density at radius 1 is 1.41 bits per heavy atom. The van der Waals surface area contributed by atoms with Crippen LogP contribution in [0.25, 0.3) is 0 Å². The van der Waals surface area contributed by atoms with Gasteiger partial charge in [0, 0.05) is 13.1 Å². The van der Waals surface area contributed by atoms with Crippen LogP contribution in [0.4, 0.5) is 0 Å². The van der Waals surface area contributed by atoms with E-state index in [1.807, 2.05) is 25.1 Å². The second kappa shape index (κ2) is 5.89. The molecule has 1 N–H and O–H groups in total. The van der Waals surface area contributed by atoms with Gasteiger partial charge in [-0.25, -0.2) is 0 Å². The molecule has 1 unspecified atom stereocenters. The van der Waals surface area contributed by atoms with E-state index in [-0.39, 0.29) is 6.10 Å². The zero-order valence-corrected chi connectivity index (χ0v) is 10.4. The zero-order valence-electron chi connectivity index (χ0n) is 10.4. The maximum atomic E-state index is 5.77. The number of morpholine rings is 1. The smallest absolute Gasteiger partial charge is 0.128 e. The van der Waals surface area contributed by atoms with Gasteiger partial charge in [0.1, 0.15) is 17.6 Å². The highest BCUT2D eigenvalue weighted by atomic mass is 16.5. The number of ether oxygens (including phenoxy) is 3. The van der Waals surface area contributed by atoms with Gasteiger partial charge in [-0.15, -0.1) is 0 Å². The lowest BCUT2D eigenvalue weighted by atomic mass is 10.1. The fourth-order valence-corrected chi connectivity index (χ4v) is 2.05. The van der Waals surface area contributed by atoms with Gasteiger partial charge in [0.15, 0.2) is 0 Å². The van der Waals surface area contributed by atoms with Gasteiger partial charge in [-0.3, -0.25) is 0 Å². The molecular weight excluding hydrogens is 218 g/mol. The van der Waals surface area contributed by atoms with Gasteiger partial charge in [0.25, 0.3) is 0 Å². The number of benzene rings is 1. The Kier molecular flexibility index (Phi) is 4.23. The van der Waals surface area contributed by atoms with Crippen LogP contribution in [0, 0.1) is 0 Å². The van der Waals surface area contributed by atoms with E-state index in [4.69, 9.17) is 14.2 Å². The number of hydrogen-bond acceptors (Lipinski definition) is 4. The molecule has 1 heterocycles. The Balaban J connectivity index is 2.32. The third kappa shape index (κ3) is 2.70. The molecule has 0 aliphatic carbocycles. The van der Waals surface area contributed by atoms with Crippen LogP contribution >= 0.6 is 0 Å². The fourth-order valence-electron chi connectivity index (χ4n) is 2.05. The van der Waals surface area contributed by atoms with E-state index in [0.29, 0.717) is 13.2 Å². The molecule has 0 aromatic heterocycles. The first-order chi connectivity index (χ1) is 8.36. The highest BCUT2D eigenvalue weighted by Gasteiger charge is 2.23. The summed E-state index contributed by atoms with van der Waals surface area (Å²) in [6.07, 6.45) is 0.00134. The fraction of sp³-hybridized carbons (Fsp3) is 0.538. The Morgan fingerprint density at radius 3 is 2.88 bits per heavy atom. The Labute approximate surface area is 102 Å². The molecule has 1 aliphatic heterocycles. The first kappa shape index (κ1) is 12.2. The maximum absolute atomic E-state index is 5.77. The van der Waals surface area contributed by atoms with Gasteiger partial charge in [-0.2, -0.15) is 0 Å². The topological polar surface area (TPSA) is 39.7 Å². The summed E-state index contributed by atoms with van der Waals surface area (Å²) < 4.78 is 16.8. The van der Waals surface area contributed by atoms with Crippen molar-refractivity contribution in [1.29, 1.82) is 0 Å². The Hall–Kier alpha value is -1.26. The summed E-state index contributed by atoms with van der Waals surface area (Å²) in [7, 11) is 1.67. The van der Waals surface area contributed by atoms with Crippen LogP contribution < -0.4 is 14.8 Å². The van der Waals surface area contributed by atoms with Gasteiger partial charge in [0.2, 0.25) is 0 Å². The molecule has 94 valence electrons. The monoisotopic (exact) mass is 237 g/mol. The molecule has 0 bridgehead atoms. The van der Waals surface area contributed by atoms with Gasteiger partial charge in [0.05, 0.1) is 25.9 Å². The first-order valence-electron chi connectivity index (χ1n) is 5.98. The molecule has 4 heteroatoms. The number of rotatable bonds is 4. The first-order valence-corrected chi connectivity index (χ1v) is 5.98. The van der Waals surface area contributed by atoms with Gasteiger partial charge >= 0.3 is 0 Å². The van der Waals surface area contributed by atoms with Crippen molar-refractivity contribution in [2.24, 2.45) is 0 Å². The Bertz CT molecular complexity index is 362. The number of hydrogen-bond donors (Lipinski definition) is 1. The van der Waals surface area contributed by atoms with Crippen LogP contribution in [0.5, 0.6) is 11.5 Å². The van der Waals surface area contributed by atoms with Crippen molar-refractivity contribution >= 4 is 0 Å². The number of methoxy groups -OCH3 is 1. The predicted molar refractivity (Wildman–Crippen MR) is 65.7 cm³/mol. The molecule has 1 atom stereocenters. The maximum Gasteiger partial charge on any atom is 0.128 e. The minimum absolute atomic E-state index is 0.00134. The minimum atomic E-state index is 0.00134. The average Bonchev–Trinajstić information content (AvgIpc) is 2.40. The molecule has 2 rings (SSSR count). The van der Waals surface area contributed by atoms with Crippen LogP contribution in [0.2, 0.25) is 0 Å². The van der Waals surface area contributed by atoms with Crippen LogP contribution in [0.1, 0.15) is 18.6 Å². The summed E-state index contributed by atoms with van der Waals surface area (Å²) in [6, 6.07) is 5.83. The van der Waals surface area contributed by atoms with Gasteiger partial charge in [-0.05, 0) is 19.1 Å².